The Kier molecular flexibility index (Phi) is 5.39. The molecule has 0 fully saturated rings. The zero-order chi connectivity index (χ0) is 12.0. The third-order valence-electron chi connectivity index (χ3n) is 2.39. The van der Waals surface area contributed by atoms with Crippen molar-refractivity contribution < 1.29 is 9.47 Å². The quantitative estimate of drug-likeness (QED) is 0.764. The van der Waals surface area contributed by atoms with Crippen molar-refractivity contribution in [2.24, 2.45) is 0 Å². The first-order valence-corrected chi connectivity index (χ1v) is 6.30. The van der Waals surface area contributed by atoms with E-state index in [1.807, 2.05) is 18.2 Å². The molecule has 0 unspecified atom stereocenters. The Morgan fingerprint density at radius 3 is 2.62 bits per heavy atom. The van der Waals surface area contributed by atoms with E-state index in [0.717, 1.165) is 28.8 Å². The lowest BCUT2D eigenvalue weighted by molar-refractivity contribution is 0.393. The molecule has 16 heavy (non-hydrogen) atoms. The average Bonchev–Trinajstić information content (AvgIpc) is 2.34. The van der Waals surface area contributed by atoms with Crippen LogP contribution in [-0.2, 0) is 0 Å². The topological polar surface area (TPSA) is 18.5 Å². The normalized spacial score (nSPS) is 11.4. The van der Waals surface area contributed by atoms with Crippen molar-refractivity contribution >= 4 is 21.5 Å². The van der Waals surface area contributed by atoms with Crippen LogP contribution in [0.2, 0.25) is 0 Å². The van der Waals surface area contributed by atoms with Gasteiger partial charge in [0.2, 0.25) is 0 Å². The first kappa shape index (κ1) is 13.1. The lowest BCUT2D eigenvalue weighted by Crippen LogP contribution is -1.92. The Balaban J connectivity index is 3.03. The molecule has 0 saturated carbocycles. The van der Waals surface area contributed by atoms with E-state index in [-0.39, 0.29) is 0 Å². The standard InChI is InChI=1S/C13H17BrO2/c1-10(5-4-8-14)12-7-6-11(15-2)9-13(12)16-3/h5-7,9H,4,8H2,1-3H3. The monoisotopic (exact) mass is 284 g/mol. The molecule has 0 radical (unpaired) electrons. The summed E-state index contributed by atoms with van der Waals surface area (Å²) in [5.41, 5.74) is 2.34. The van der Waals surface area contributed by atoms with Gasteiger partial charge in [0.25, 0.3) is 0 Å². The molecule has 3 heteroatoms. The van der Waals surface area contributed by atoms with Gasteiger partial charge in [-0.25, -0.2) is 0 Å². The SMILES string of the molecule is COc1ccc(C(C)=CCCBr)c(OC)c1. The summed E-state index contributed by atoms with van der Waals surface area (Å²) in [6.45, 7) is 2.09. The smallest absolute Gasteiger partial charge is 0.130 e. The van der Waals surface area contributed by atoms with Crippen LogP contribution in [0.3, 0.4) is 0 Å². The van der Waals surface area contributed by atoms with E-state index >= 15 is 0 Å². The van der Waals surface area contributed by atoms with Gasteiger partial charge in [-0.1, -0.05) is 22.0 Å². The van der Waals surface area contributed by atoms with E-state index in [1.54, 1.807) is 14.2 Å². The van der Waals surface area contributed by atoms with Crippen LogP contribution in [0, 0.1) is 0 Å². The van der Waals surface area contributed by atoms with Crippen LogP contribution in [0.25, 0.3) is 5.57 Å². The average molecular weight is 285 g/mol. The predicted octanol–water partition coefficient (Wildman–Crippen LogP) is 3.89. The molecule has 1 rings (SSSR count). The molecule has 0 amide bonds. The third kappa shape index (κ3) is 3.27. The van der Waals surface area contributed by atoms with E-state index in [1.165, 1.54) is 5.57 Å². The van der Waals surface area contributed by atoms with Crippen molar-refractivity contribution in [3.05, 3.63) is 29.8 Å². The van der Waals surface area contributed by atoms with Crippen molar-refractivity contribution in [2.45, 2.75) is 13.3 Å². The van der Waals surface area contributed by atoms with Gasteiger partial charge in [0.15, 0.2) is 0 Å². The van der Waals surface area contributed by atoms with Crippen molar-refractivity contribution in [2.75, 3.05) is 19.5 Å². The van der Waals surface area contributed by atoms with Gasteiger partial charge in [-0.3, -0.25) is 0 Å². The summed E-state index contributed by atoms with van der Waals surface area (Å²) in [6, 6.07) is 5.88. The summed E-state index contributed by atoms with van der Waals surface area (Å²) < 4.78 is 10.5. The van der Waals surface area contributed by atoms with Crippen molar-refractivity contribution in [3.63, 3.8) is 0 Å². The third-order valence-corrected chi connectivity index (χ3v) is 2.85. The summed E-state index contributed by atoms with van der Waals surface area (Å²) in [5.74, 6) is 1.66. The fraction of sp³-hybridized carbons (Fsp3) is 0.385. The highest BCUT2D eigenvalue weighted by molar-refractivity contribution is 9.09. The van der Waals surface area contributed by atoms with Gasteiger partial charge in [-0.15, -0.1) is 0 Å². The van der Waals surface area contributed by atoms with Crippen LogP contribution in [0.1, 0.15) is 18.9 Å². The molecule has 1 aromatic carbocycles. The highest BCUT2D eigenvalue weighted by Gasteiger charge is 2.06. The molecular weight excluding hydrogens is 268 g/mol. The van der Waals surface area contributed by atoms with Gasteiger partial charge >= 0.3 is 0 Å². The number of ether oxygens (including phenoxy) is 2. The highest BCUT2D eigenvalue weighted by atomic mass is 79.9. The second-order valence-corrected chi connectivity index (χ2v) is 4.22. The first-order valence-electron chi connectivity index (χ1n) is 5.18. The Labute approximate surface area is 105 Å². The number of halogens is 1. The van der Waals surface area contributed by atoms with Gasteiger partial charge in [0.1, 0.15) is 11.5 Å². The maximum atomic E-state index is 5.36. The molecule has 0 bridgehead atoms. The van der Waals surface area contributed by atoms with E-state index in [0.29, 0.717) is 0 Å². The van der Waals surface area contributed by atoms with Crippen molar-refractivity contribution in [3.8, 4) is 11.5 Å². The van der Waals surface area contributed by atoms with Crippen LogP contribution in [0.4, 0.5) is 0 Å². The van der Waals surface area contributed by atoms with Crippen LogP contribution < -0.4 is 9.47 Å². The molecule has 88 valence electrons. The number of methoxy groups -OCH3 is 2. The van der Waals surface area contributed by atoms with Gasteiger partial charge in [0, 0.05) is 17.0 Å². The molecule has 0 heterocycles. The summed E-state index contributed by atoms with van der Waals surface area (Å²) in [5, 5.41) is 0.975. The first-order chi connectivity index (χ1) is 7.72. The molecule has 0 atom stereocenters. The van der Waals surface area contributed by atoms with Crippen molar-refractivity contribution in [1.82, 2.24) is 0 Å². The molecule has 0 saturated heterocycles. The fourth-order valence-electron chi connectivity index (χ4n) is 1.51. The zero-order valence-corrected chi connectivity index (χ0v) is 11.5. The molecule has 0 N–H and O–H groups in total. The second-order valence-electron chi connectivity index (χ2n) is 3.43. The molecular formula is C13H17BrO2. The van der Waals surface area contributed by atoms with E-state index in [4.69, 9.17) is 9.47 Å². The highest BCUT2D eigenvalue weighted by Crippen LogP contribution is 2.30. The number of hydrogen-bond donors (Lipinski definition) is 0. The minimum atomic E-state index is 0.814. The van der Waals surface area contributed by atoms with E-state index in [9.17, 15) is 0 Å². The summed E-state index contributed by atoms with van der Waals surface area (Å²) in [7, 11) is 3.33. The predicted molar refractivity (Wildman–Crippen MR) is 71.6 cm³/mol. The maximum Gasteiger partial charge on any atom is 0.130 e. The van der Waals surface area contributed by atoms with Gasteiger partial charge < -0.3 is 9.47 Å². The van der Waals surface area contributed by atoms with Crippen LogP contribution in [0.5, 0.6) is 11.5 Å². The largest absolute Gasteiger partial charge is 0.497 e. The number of hydrogen-bond acceptors (Lipinski definition) is 2. The van der Waals surface area contributed by atoms with Gasteiger partial charge in [-0.05, 0) is 31.1 Å². The molecule has 2 nitrogen and oxygen atoms in total. The summed E-state index contributed by atoms with van der Waals surface area (Å²) in [6.07, 6.45) is 3.21. The summed E-state index contributed by atoms with van der Waals surface area (Å²) >= 11 is 3.41. The molecule has 1 aromatic rings. The minimum Gasteiger partial charge on any atom is -0.497 e. The van der Waals surface area contributed by atoms with Gasteiger partial charge in [0.05, 0.1) is 14.2 Å². The molecule has 0 aromatic heterocycles. The van der Waals surface area contributed by atoms with E-state index < -0.39 is 0 Å². The molecule has 0 aliphatic rings. The number of benzene rings is 1. The maximum absolute atomic E-state index is 5.36. The van der Waals surface area contributed by atoms with E-state index in [2.05, 4.69) is 28.9 Å². The molecule has 0 aliphatic carbocycles. The molecule has 0 aliphatic heterocycles. The Hall–Kier alpha value is -0.960. The van der Waals surface area contributed by atoms with Crippen molar-refractivity contribution in [1.29, 1.82) is 0 Å². The number of alkyl halides is 1. The fourth-order valence-corrected chi connectivity index (χ4v) is 1.73. The van der Waals surface area contributed by atoms with Crippen LogP contribution in [0.15, 0.2) is 24.3 Å². The number of allylic oxidation sites excluding steroid dienone is 2. The lowest BCUT2D eigenvalue weighted by atomic mass is 10.1. The Morgan fingerprint density at radius 2 is 2.06 bits per heavy atom. The number of rotatable bonds is 5. The van der Waals surface area contributed by atoms with Crippen LogP contribution >= 0.6 is 15.9 Å². The second kappa shape index (κ2) is 6.59. The Bertz CT molecular complexity index is 372. The zero-order valence-electron chi connectivity index (χ0n) is 9.92. The molecule has 0 spiro atoms. The van der Waals surface area contributed by atoms with Gasteiger partial charge in [-0.2, -0.15) is 0 Å². The Morgan fingerprint density at radius 1 is 1.31 bits per heavy atom. The summed E-state index contributed by atoms with van der Waals surface area (Å²) in [4.78, 5) is 0. The lowest BCUT2D eigenvalue weighted by Gasteiger charge is -2.10. The minimum absolute atomic E-state index is 0.814. The van der Waals surface area contributed by atoms with Crippen LogP contribution in [-0.4, -0.2) is 19.5 Å².